The molecule has 1 N–H and O–H groups in total. The van der Waals surface area contributed by atoms with Gasteiger partial charge in [-0.3, -0.25) is 4.90 Å². The number of ether oxygens (including phenoxy) is 1. The largest absolute Gasteiger partial charge is 0.497 e. The SMILES string of the molecule is CCN1CCN([C@@H]2CNCc3ccc(OC)cc32)CC1. The smallest absolute Gasteiger partial charge is 0.119 e. The molecular formula is C16H25N3O. The Balaban J connectivity index is 1.79. The highest BCUT2D eigenvalue weighted by Crippen LogP contribution is 2.31. The summed E-state index contributed by atoms with van der Waals surface area (Å²) < 4.78 is 5.40. The van der Waals surface area contributed by atoms with Gasteiger partial charge in [0.2, 0.25) is 0 Å². The highest BCUT2D eigenvalue weighted by molar-refractivity contribution is 5.39. The molecule has 2 heterocycles. The van der Waals surface area contributed by atoms with Gasteiger partial charge in [0.25, 0.3) is 0 Å². The zero-order valence-corrected chi connectivity index (χ0v) is 12.6. The summed E-state index contributed by atoms with van der Waals surface area (Å²) in [5.41, 5.74) is 2.87. The van der Waals surface area contributed by atoms with Crippen molar-refractivity contribution in [2.75, 3.05) is 46.4 Å². The van der Waals surface area contributed by atoms with E-state index in [2.05, 4.69) is 40.2 Å². The van der Waals surface area contributed by atoms with Gasteiger partial charge in [0.1, 0.15) is 5.75 Å². The Hall–Kier alpha value is -1.10. The standard InChI is InChI=1S/C16H25N3O/c1-3-18-6-8-19(9-7-18)16-12-17-11-13-4-5-14(20-2)10-15(13)16/h4-5,10,16-17H,3,6-9,11-12H2,1-2H3/t16-/m1/s1. The molecule has 0 amide bonds. The minimum absolute atomic E-state index is 0.493. The highest BCUT2D eigenvalue weighted by Gasteiger charge is 2.28. The van der Waals surface area contributed by atoms with E-state index in [0.717, 1.165) is 31.9 Å². The lowest BCUT2D eigenvalue weighted by Gasteiger charge is -2.41. The van der Waals surface area contributed by atoms with E-state index in [9.17, 15) is 0 Å². The molecule has 0 aliphatic carbocycles. The predicted octanol–water partition coefficient (Wildman–Crippen LogP) is 1.48. The summed E-state index contributed by atoms with van der Waals surface area (Å²) in [7, 11) is 1.75. The van der Waals surface area contributed by atoms with Crippen LogP contribution in [-0.4, -0.2) is 56.2 Å². The maximum absolute atomic E-state index is 5.40. The van der Waals surface area contributed by atoms with Gasteiger partial charge in [0, 0.05) is 45.3 Å². The van der Waals surface area contributed by atoms with Gasteiger partial charge >= 0.3 is 0 Å². The van der Waals surface area contributed by atoms with Crippen LogP contribution in [0, 0.1) is 0 Å². The molecule has 4 heteroatoms. The van der Waals surface area contributed by atoms with Crippen molar-refractivity contribution >= 4 is 0 Å². The molecule has 1 aromatic carbocycles. The minimum Gasteiger partial charge on any atom is -0.497 e. The molecule has 0 unspecified atom stereocenters. The third-order valence-corrected chi connectivity index (χ3v) is 4.66. The summed E-state index contributed by atoms with van der Waals surface area (Å²) >= 11 is 0. The molecular weight excluding hydrogens is 250 g/mol. The summed E-state index contributed by atoms with van der Waals surface area (Å²) in [5, 5.41) is 3.55. The Morgan fingerprint density at radius 3 is 2.75 bits per heavy atom. The lowest BCUT2D eigenvalue weighted by molar-refractivity contribution is 0.0948. The van der Waals surface area contributed by atoms with Crippen molar-refractivity contribution in [3.63, 3.8) is 0 Å². The van der Waals surface area contributed by atoms with Gasteiger partial charge < -0.3 is 15.0 Å². The second kappa shape index (κ2) is 6.12. The third kappa shape index (κ3) is 2.68. The molecule has 1 atom stereocenters. The van der Waals surface area contributed by atoms with Crippen molar-refractivity contribution < 1.29 is 4.74 Å². The monoisotopic (exact) mass is 275 g/mol. The average molecular weight is 275 g/mol. The number of hydrogen-bond donors (Lipinski definition) is 1. The molecule has 0 saturated carbocycles. The van der Waals surface area contributed by atoms with Crippen molar-refractivity contribution in [2.24, 2.45) is 0 Å². The fourth-order valence-electron chi connectivity index (χ4n) is 3.34. The summed E-state index contributed by atoms with van der Waals surface area (Å²) in [6.07, 6.45) is 0. The van der Waals surface area contributed by atoms with Gasteiger partial charge in [-0.15, -0.1) is 0 Å². The van der Waals surface area contributed by atoms with Crippen LogP contribution in [0.25, 0.3) is 0 Å². The Morgan fingerprint density at radius 2 is 2.05 bits per heavy atom. The van der Waals surface area contributed by atoms with Crippen LogP contribution in [0.1, 0.15) is 24.1 Å². The van der Waals surface area contributed by atoms with Gasteiger partial charge in [-0.05, 0) is 29.8 Å². The van der Waals surface area contributed by atoms with E-state index in [1.54, 1.807) is 7.11 Å². The first-order valence-corrected chi connectivity index (χ1v) is 7.65. The fourth-order valence-corrected chi connectivity index (χ4v) is 3.34. The molecule has 3 rings (SSSR count). The average Bonchev–Trinajstić information content (AvgIpc) is 2.54. The predicted molar refractivity (Wildman–Crippen MR) is 81.1 cm³/mol. The Morgan fingerprint density at radius 1 is 1.25 bits per heavy atom. The first kappa shape index (κ1) is 13.9. The molecule has 1 aromatic rings. The van der Waals surface area contributed by atoms with Crippen LogP contribution in [0.2, 0.25) is 0 Å². The van der Waals surface area contributed by atoms with E-state index in [1.807, 2.05) is 0 Å². The Labute approximate surface area is 121 Å². The number of methoxy groups -OCH3 is 1. The van der Waals surface area contributed by atoms with E-state index >= 15 is 0 Å². The molecule has 0 bridgehead atoms. The Bertz CT molecular complexity index is 455. The summed E-state index contributed by atoms with van der Waals surface area (Å²) in [6, 6.07) is 6.99. The molecule has 0 radical (unpaired) electrons. The minimum atomic E-state index is 0.493. The van der Waals surface area contributed by atoms with Crippen LogP contribution >= 0.6 is 0 Å². The van der Waals surface area contributed by atoms with E-state index in [-0.39, 0.29) is 0 Å². The van der Waals surface area contributed by atoms with Crippen LogP contribution in [0.15, 0.2) is 18.2 Å². The second-order valence-corrected chi connectivity index (χ2v) is 5.68. The number of piperazine rings is 1. The third-order valence-electron chi connectivity index (χ3n) is 4.66. The highest BCUT2D eigenvalue weighted by atomic mass is 16.5. The number of hydrogen-bond acceptors (Lipinski definition) is 4. The van der Waals surface area contributed by atoms with E-state index in [1.165, 1.54) is 30.8 Å². The fraction of sp³-hybridized carbons (Fsp3) is 0.625. The molecule has 2 aliphatic rings. The number of nitrogens with one attached hydrogen (secondary N) is 1. The topological polar surface area (TPSA) is 27.7 Å². The summed E-state index contributed by atoms with van der Waals surface area (Å²) in [6.45, 7) is 10.1. The van der Waals surface area contributed by atoms with Crippen molar-refractivity contribution in [3.05, 3.63) is 29.3 Å². The number of rotatable bonds is 3. The zero-order chi connectivity index (χ0) is 13.9. The van der Waals surface area contributed by atoms with E-state index in [4.69, 9.17) is 4.74 Å². The molecule has 2 aliphatic heterocycles. The second-order valence-electron chi connectivity index (χ2n) is 5.68. The van der Waals surface area contributed by atoms with Crippen LogP contribution in [0.4, 0.5) is 0 Å². The summed E-state index contributed by atoms with van der Waals surface area (Å²) in [4.78, 5) is 5.15. The molecule has 0 aromatic heterocycles. The molecule has 110 valence electrons. The first-order valence-electron chi connectivity index (χ1n) is 7.65. The van der Waals surface area contributed by atoms with Crippen LogP contribution in [-0.2, 0) is 6.54 Å². The van der Waals surface area contributed by atoms with Gasteiger partial charge in [0.05, 0.1) is 7.11 Å². The van der Waals surface area contributed by atoms with Crippen LogP contribution < -0.4 is 10.1 Å². The number of nitrogens with zero attached hydrogens (tertiary/aromatic N) is 2. The molecule has 0 spiro atoms. The zero-order valence-electron chi connectivity index (χ0n) is 12.6. The van der Waals surface area contributed by atoms with Gasteiger partial charge in [-0.2, -0.15) is 0 Å². The van der Waals surface area contributed by atoms with Crippen LogP contribution in [0.3, 0.4) is 0 Å². The summed E-state index contributed by atoms with van der Waals surface area (Å²) in [5.74, 6) is 0.975. The Kier molecular flexibility index (Phi) is 4.24. The molecule has 20 heavy (non-hydrogen) atoms. The van der Waals surface area contributed by atoms with Crippen molar-refractivity contribution in [1.82, 2.24) is 15.1 Å². The van der Waals surface area contributed by atoms with Crippen LogP contribution in [0.5, 0.6) is 5.75 Å². The van der Waals surface area contributed by atoms with Gasteiger partial charge in [-0.25, -0.2) is 0 Å². The number of likely N-dealkylation sites (N-methyl/N-ethyl adjacent to an activating group) is 1. The lowest BCUT2D eigenvalue weighted by atomic mass is 9.94. The number of benzene rings is 1. The number of fused-ring (bicyclic) bond motifs is 1. The maximum Gasteiger partial charge on any atom is 0.119 e. The van der Waals surface area contributed by atoms with Crippen molar-refractivity contribution in [2.45, 2.75) is 19.5 Å². The molecule has 4 nitrogen and oxygen atoms in total. The maximum atomic E-state index is 5.40. The lowest BCUT2D eigenvalue weighted by Crippen LogP contribution is -2.50. The molecule has 1 saturated heterocycles. The van der Waals surface area contributed by atoms with E-state index in [0.29, 0.717) is 6.04 Å². The normalized spacial score (nSPS) is 24.4. The van der Waals surface area contributed by atoms with Gasteiger partial charge in [0.15, 0.2) is 0 Å². The quantitative estimate of drug-likeness (QED) is 0.904. The first-order chi connectivity index (χ1) is 9.81. The van der Waals surface area contributed by atoms with Gasteiger partial charge in [-0.1, -0.05) is 13.0 Å². The van der Waals surface area contributed by atoms with Crippen molar-refractivity contribution in [1.29, 1.82) is 0 Å². The molecule has 1 fully saturated rings. The van der Waals surface area contributed by atoms with E-state index < -0.39 is 0 Å². The van der Waals surface area contributed by atoms with Crippen molar-refractivity contribution in [3.8, 4) is 5.75 Å².